The van der Waals surface area contributed by atoms with Crippen molar-refractivity contribution in [3.63, 3.8) is 0 Å². The lowest BCUT2D eigenvalue weighted by Gasteiger charge is -2.12. The van der Waals surface area contributed by atoms with Crippen LogP contribution in [-0.4, -0.2) is 39.9 Å². The Bertz CT molecular complexity index is 525. The summed E-state index contributed by atoms with van der Waals surface area (Å²) in [4.78, 5) is 33.1. The van der Waals surface area contributed by atoms with Crippen molar-refractivity contribution in [3.05, 3.63) is 28.7 Å². The van der Waals surface area contributed by atoms with Crippen molar-refractivity contribution in [1.29, 1.82) is 0 Å². The average molecular weight is 380 g/mol. The molecule has 1 amide bonds. The Morgan fingerprint density at radius 3 is 2.55 bits per heavy atom. The molecular formula is C11H10BrNO5S2. The van der Waals surface area contributed by atoms with Crippen LogP contribution in [-0.2, 0) is 14.4 Å². The predicted octanol–water partition coefficient (Wildman–Crippen LogP) is 1.84. The van der Waals surface area contributed by atoms with Gasteiger partial charge in [0, 0.05) is 15.1 Å². The van der Waals surface area contributed by atoms with E-state index in [0.29, 0.717) is 0 Å². The van der Waals surface area contributed by atoms with Crippen LogP contribution in [0.5, 0.6) is 0 Å². The Morgan fingerprint density at radius 2 is 2.00 bits per heavy atom. The van der Waals surface area contributed by atoms with Crippen LogP contribution >= 0.6 is 37.5 Å². The van der Waals surface area contributed by atoms with Crippen LogP contribution in [0.3, 0.4) is 0 Å². The average Bonchev–Trinajstić information content (AvgIpc) is 2.37. The highest BCUT2D eigenvalue weighted by Gasteiger charge is 2.23. The maximum Gasteiger partial charge on any atom is 0.394 e. The number of halogens is 1. The van der Waals surface area contributed by atoms with Gasteiger partial charge in [-0.05, 0) is 18.2 Å². The Balaban J connectivity index is 2.49. The summed E-state index contributed by atoms with van der Waals surface area (Å²) in [5.74, 6) is -4.26. The molecule has 20 heavy (non-hydrogen) atoms. The highest BCUT2D eigenvalue weighted by Crippen LogP contribution is 2.32. The molecule has 0 aliphatic heterocycles. The zero-order chi connectivity index (χ0) is 15.1. The van der Waals surface area contributed by atoms with E-state index < -0.39 is 23.9 Å². The molecule has 0 saturated carbocycles. The van der Waals surface area contributed by atoms with Crippen molar-refractivity contribution in [3.8, 4) is 0 Å². The number of carboxylic acids is 2. The van der Waals surface area contributed by atoms with Crippen molar-refractivity contribution in [1.82, 2.24) is 5.32 Å². The second kappa shape index (κ2) is 8.18. The van der Waals surface area contributed by atoms with Gasteiger partial charge < -0.3 is 15.5 Å². The van der Waals surface area contributed by atoms with E-state index in [1.807, 2.05) is 29.6 Å². The number of carboxylic acid groups (broad SMARTS) is 2. The SMILES string of the molecule is O=C(O)C(=O)N[C@@H](CSSc1cccc(Br)c1)C(=O)O. The molecule has 0 aromatic heterocycles. The summed E-state index contributed by atoms with van der Waals surface area (Å²) >= 11 is 3.32. The number of nitrogens with one attached hydrogen (secondary N) is 1. The molecule has 6 nitrogen and oxygen atoms in total. The van der Waals surface area contributed by atoms with E-state index in [-0.39, 0.29) is 5.75 Å². The maximum absolute atomic E-state index is 10.9. The zero-order valence-electron chi connectivity index (χ0n) is 9.91. The number of amides is 1. The summed E-state index contributed by atoms with van der Waals surface area (Å²) in [6.07, 6.45) is 0. The topological polar surface area (TPSA) is 104 Å². The molecule has 0 spiro atoms. The van der Waals surface area contributed by atoms with E-state index in [0.717, 1.165) is 9.37 Å². The van der Waals surface area contributed by atoms with Gasteiger partial charge >= 0.3 is 17.8 Å². The summed E-state index contributed by atoms with van der Waals surface area (Å²) in [5.41, 5.74) is 0. The van der Waals surface area contributed by atoms with Gasteiger partial charge in [-0.1, -0.05) is 43.6 Å². The molecule has 9 heteroatoms. The van der Waals surface area contributed by atoms with Gasteiger partial charge in [0.15, 0.2) is 0 Å². The number of carbonyl (C=O) groups excluding carboxylic acids is 1. The molecule has 0 unspecified atom stereocenters. The first kappa shape index (κ1) is 16.9. The Morgan fingerprint density at radius 1 is 1.30 bits per heavy atom. The van der Waals surface area contributed by atoms with Gasteiger partial charge in [0.05, 0.1) is 0 Å². The summed E-state index contributed by atoms with van der Waals surface area (Å²) in [5, 5.41) is 19.3. The quantitative estimate of drug-likeness (QED) is 0.511. The van der Waals surface area contributed by atoms with Gasteiger partial charge in [0.25, 0.3) is 0 Å². The predicted molar refractivity (Wildman–Crippen MR) is 79.7 cm³/mol. The first-order valence-corrected chi connectivity index (χ1v) is 8.33. The monoisotopic (exact) mass is 379 g/mol. The molecule has 0 heterocycles. The van der Waals surface area contributed by atoms with E-state index in [2.05, 4.69) is 15.9 Å². The molecule has 108 valence electrons. The van der Waals surface area contributed by atoms with Crippen molar-refractivity contribution in [2.45, 2.75) is 10.9 Å². The van der Waals surface area contributed by atoms with E-state index in [4.69, 9.17) is 10.2 Å². The normalized spacial score (nSPS) is 11.7. The summed E-state index contributed by atoms with van der Waals surface area (Å²) in [6, 6.07) is 6.18. The van der Waals surface area contributed by atoms with Crippen LogP contribution in [0.4, 0.5) is 0 Å². The van der Waals surface area contributed by atoms with E-state index in [1.165, 1.54) is 21.6 Å². The van der Waals surface area contributed by atoms with Crippen molar-refractivity contribution >= 4 is 55.4 Å². The van der Waals surface area contributed by atoms with Crippen LogP contribution < -0.4 is 5.32 Å². The van der Waals surface area contributed by atoms with E-state index in [1.54, 1.807) is 0 Å². The van der Waals surface area contributed by atoms with Gasteiger partial charge in [0.1, 0.15) is 6.04 Å². The summed E-state index contributed by atoms with van der Waals surface area (Å²) in [6.45, 7) is 0. The lowest BCUT2D eigenvalue weighted by molar-refractivity contribution is -0.151. The number of hydrogen-bond acceptors (Lipinski definition) is 5. The fourth-order valence-corrected chi connectivity index (χ4v) is 3.84. The van der Waals surface area contributed by atoms with Crippen LogP contribution in [0.1, 0.15) is 0 Å². The third-order valence-electron chi connectivity index (χ3n) is 1.98. The third kappa shape index (κ3) is 5.85. The number of benzene rings is 1. The lowest BCUT2D eigenvalue weighted by atomic mass is 10.3. The first-order valence-electron chi connectivity index (χ1n) is 5.21. The number of aliphatic carboxylic acids is 2. The number of carbonyl (C=O) groups is 3. The molecule has 0 aliphatic rings. The largest absolute Gasteiger partial charge is 0.480 e. The van der Waals surface area contributed by atoms with Crippen molar-refractivity contribution in [2.75, 3.05) is 5.75 Å². The van der Waals surface area contributed by atoms with Crippen LogP contribution in [0, 0.1) is 0 Å². The van der Waals surface area contributed by atoms with Crippen LogP contribution in [0.25, 0.3) is 0 Å². The van der Waals surface area contributed by atoms with Gasteiger partial charge in [0.2, 0.25) is 0 Å². The Labute approximate surface area is 130 Å². The maximum atomic E-state index is 10.9. The Hall–Kier alpha value is -1.19. The molecule has 0 aliphatic carbocycles. The van der Waals surface area contributed by atoms with Crippen molar-refractivity contribution in [2.24, 2.45) is 0 Å². The van der Waals surface area contributed by atoms with Gasteiger partial charge in [-0.25, -0.2) is 9.59 Å². The van der Waals surface area contributed by atoms with Crippen LogP contribution in [0.15, 0.2) is 33.6 Å². The fraction of sp³-hybridized carbons (Fsp3) is 0.182. The molecule has 0 bridgehead atoms. The third-order valence-corrected chi connectivity index (χ3v) is 4.85. The first-order chi connectivity index (χ1) is 9.40. The molecule has 1 atom stereocenters. The van der Waals surface area contributed by atoms with E-state index in [9.17, 15) is 14.4 Å². The Kier molecular flexibility index (Phi) is 6.89. The molecule has 3 N–H and O–H groups in total. The lowest BCUT2D eigenvalue weighted by Crippen LogP contribution is -2.45. The number of rotatable bonds is 6. The summed E-state index contributed by atoms with van der Waals surface area (Å²) < 4.78 is 0.900. The highest BCUT2D eigenvalue weighted by molar-refractivity contribution is 9.10. The van der Waals surface area contributed by atoms with Gasteiger partial charge in [-0.2, -0.15) is 0 Å². The molecule has 1 rings (SSSR count). The number of hydrogen-bond donors (Lipinski definition) is 3. The molecule has 1 aromatic rings. The van der Waals surface area contributed by atoms with Crippen LogP contribution in [0.2, 0.25) is 0 Å². The second-order valence-corrected chi connectivity index (χ2v) is 6.82. The highest BCUT2D eigenvalue weighted by atomic mass is 79.9. The molecule has 0 fully saturated rings. The smallest absolute Gasteiger partial charge is 0.394 e. The molecular weight excluding hydrogens is 370 g/mol. The second-order valence-electron chi connectivity index (χ2n) is 3.49. The molecule has 1 aromatic carbocycles. The molecule has 0 radical (unpaired) electrons. The standard InChI is InChI=1S/C11H10BrNO5S2/c12-6-2-1-3-7(4-6)20-19-5-8(10(15)16)13-9(14)11(17)18/h1-4,8H,5H2,(H,13,14)(H,15,16)(H,17,18)/t8-/m0/s1. The summed E-state index contributed by atoms with van der Waals surface area (Å²) in [7, 11) is 2.55. The molecule has 0 saturated heterocycles. The van der Waals surface area contributed by atoms with Gasteiger partial charge in [-0.15, -0.1) is 0 Å². The minimum Gasteiger partial charge on any atom is -0.480 e. The van der Waals surface area contributed by atoms with E-state index >= 15 is 0 Å². The minimum absolute atomic E-state index is 0.0472. The van der Waals surface area contributed by atoms with Gasteiger partial charge in [-0.3, -0.25) is 4.79 Å². The minimum atomic E-state index is -1.71. The van der Waals surface area contributed by atoms with Crippen molar-refractivity contribution < 1.29 is 24.6 Å². The fourth-order valence-electron chi connectivity index (χ4n) is 1.08. The zero-order valence-corrected chi connectivity index (χ0v) is 13.1.